The Hall–Kier alpha value is -1.27. The largest absolute Gasteiger partial charge is 0.508 e. The van der Waals surface area contributed by atoms with Gasteiger partial charge >= 0.3 is 0 Å². The lowest BCUT2D eigenvalue weighted by atomic mass is 10.2. The maximum Gasteiger partial charge on any atom is 0.216 e. The predicted molar refractivity (Wildman–Crippen MR) is 65.8 cm³/mol. The van der Waals surface area contributed by atoms with E-state index in [1.54, 1.807) is 19.1 Å². The number of rotatable bonds is 5. The number of hydrogen-bond acceptors (Lipinski definition) is 4. The monoisotopic (exact) mass is 259 g/mol. The molecule has 1 rings (SSSR count). The fourth-order valence-electron chi connectivity index (χ4n) is 1.17. The molecule has 5 nitrogen and oxygen atoms in total. The lowest BCUT2D eigenvalue weighted by molar-refractivity contribution is 0.337. The molecule has 96 valence electrons. The van der Waals surface area contributed by atoms with Crippen LogP contribution in [0.1, 0.15) is 5.56 Å². The van der Waals surface area contributed by atoms with Crippen LogP contribution in [0.15, 0.2) is 18.2 Å². The highest BCUT2D eigenvalue weighted by atomic mass is 32.2. The van der Waals surface area contributed by atoms with Gasteiger partial charge in [0.2, 0.25) is 10.0 Å². The van der Waals surface area contributed by atoms with Crippen molar-refractivity contribution in [3.63, 3.8) is 0 Å². The lowest BCUT2D eigenvalue weighted by Crippen LogP contribution is -2.27. The Morgan fingerprint density at radius 1 is 1.35 bits per heavy atom. The van der Waals surface area contributed by atoms with Gasteiger partial charge in [0.15, 0.2) is 0 Å². The number of phenols is 1. The highest BCUT2D eigenvalue weighted by molar-refractivity contribution is 7.89. The van der Waals surface area contributed by atoms with Crippen molar-refractivity contribution in [3.05, 3.63) is 23.8 Å². The zero-order valence-corrected chi connectivity index (χ0v) is 11.0. The van der Waals surface area contributed by atoms with Crippen LogP contribution in [0.3, 0.4) is 0 Å². The third kappa shape index (κ3) is 3.90. The Morgan fingerprint density at radius 3 is 2.53 bits per heavy atom. The van der Waals surface area contributed by atoms with Crippen molar-refractivity contribution >= 4 is 10.0 Å². The number of hydrogen-bond donors (Lipinski definition) is 1. The molecule has 0 amide bonds. The van der Waals surface area contributed by atoms with E-state index in [0.717, 1.165) is 0 Å². The summed E-state index contributed by atoms with van der Waals surface area (Å²) in [5.41, 5.74) is 0.693. The van der Waals surface area contributed by atoms with Gasteiger partial charge in [0, 0.05) is 14.1 Å². The fraction of sp³-hybridized carbons (Fsp3) is 0.455. The molecule has 0 atom stereocenters. The van der Waals surface area contributed by atoms with Gasteiger partial charge in [-0.25, -0.2) is 12.7 Å². The fourth-order valence-corrected chi connectivity index (χ4v) is 1.82. The number of ether oxygens (including phenoxy) is 1. The van der Waals surface area contributed by atoms with Gasteiger partial charge in [-0.05, 0) is 30.7 Å². The van der Waals surface area contributed by atoms with Gasteiger partial charge in [-0.1, -0.05) is 0 Å². The zero-order valence-electron chi connectivity index (χ0n) is 10.2. The van der Waals surface area contributed by atoms with E-state index in [4.69, 9.17) is 4.74 Å². The molecule has 1 aromatic carbocycles. The van der Waals surface area contributed by atoms with Gasteiger partial charge < -0.3 is 9.84 Å². The maximum absolute atomic E-state index is 11.4. The second-order valence-corrected chi connectivity index (χ2v) is 6.20. The molecule has 1 aromatic rings. The van der Waals surface area contributed by atoms with Crippen molar-refractivity contribution in [1.29, 1.82) is 0 Å². The third-order valence-electron chi connectivity index (χ3n) is 2.33. The topological polar surface area (TPSA) is 66.8 Å². The SMILES string of the molecule is Cc1cc(OCCS(=O)(=O)N(C)C)ccc1O. The van der Waals surface area contributed by atoms with Crippen molar-refractivity contribution in [2.24, 2.45) is 0 Å². The second-order valence-electron chi connectivity index (χ2n) is 3.90. The van der Waals surface area contributed by atoms with E-state index in [1.165, 1.54) is 24.5 Å². The molecular weight excluding hydrogens is 242 g/mol. The minimum atomic E-state index is -3.23. The van der Waals surface area contributed by atoms with Gasteiger partial charge in [0.05, 0.1) is 5.75 Å². The van der Waals surface area contributed by atoms with Crippen LogP contribution >= 0.6 is 0 Å². The van der Waals surface area contributed by atoms with Crippen LogP contribution < -0.4 is 4.74 Å². The van der Waals surface area contributed by atoms with Crippen LogP contribution in [0.4, 0.5) is 0 Å². The number of aryl methyl sites for hydroxylation is 1. The Morgan fingerprint density at radius 2 is 2.00 bits per heavy atom. The van der Waals surface area contributed by atoms with Crippen LogP contribution in [0.25, 0.3) is 0 Å². The van der Waals surface area contributed by atoms with E-state index in [-0.39, 0.29) is 18.1 Å². The predicted octanol–water partition coefficient (Wildman–Crippen LogP) is 0.971. The molecule has 0 fully saturated rings. The number of sulfonamides is 1. The van der Waals surface area contributed by atoms with Crippen molar-refractivity contribution in [2.45, 2.75) is 6.92 Å². The van der Waals surface area contributed by atoms with Gasteiger partial charge in [-0.2, -0.15) is 0 Å². The van der Waals surface area contributed by atoms with Crippen LogP contribution in [0, 0.1) is 6.92 Å². The zero-order chi connectivity index (χ0) is 13.1. The molecule has 6 heteroatoms. The summed E-state index contributed by atoms with van der Waals surface area (Å²) in [6, 6.07) is 4.79. The lowest BCUT2D eigenvalue weighted by Gasteiger charge is -2.12. The number of aromatic hydroxyl groups is 1. The molecule has 0 aliphatic rings. The van der Waals surface area contributed by atoms with Crippen LogP contribution in [0.5, 0.6) is 11.5 Å². The average Bonchev–Trinajstić information content (AvgIpc) is 2.23. The van der Waals surface area contributed by atoms with E-state index >= 15 is 0 Å². The Labute approximate surface area is 102 Å². The van der Waals surface area contributed by atoms with Crippen molar-refractivity contribution in [3.8, 4) is 11.5 Å². The molecule has 0 aliphatic heterocycles. The smallest absolute Gasteiger partial charge is 0.216 e. The number of nitrogens with zero attached hydrogens (tertiary/aromatic N) is 1. The highest BCUT2D eigenvalue weighted by Crippen LogP contribution is 2.21. The average molecular weight is 259 g/mol. The van der Waals surface area contributed by atoms with Crippen LogP contribution in [-0.2, 0) is 10.0 Å². The van der Waals surface area contributed by atoms with E-state index < -0.39 is 10.0 Å². The molecule has 0 bridgehead atoms. The van der Waals surface area contributed by atoms with Crippen molar-refractivity contribution in [2.75, 3.05) is 26.5 Å². The standard InChI is InChI=1S/C11H17NO4S/c1-9-8-10(4-5-11(9)13)16-6-7-17(14,15)12(2)3/h4-5,8,13H,6-7H2,1-3H3. The molecule has 0 spiro atoms. The third-order valence-corrected chi connectivity index (χ3v) is 4.13. The van der Waals surface area contributed by atoms with Crippen molar-refractivity contribution < 1.29 is 18.3 Å². The van der Waals surface area contributed by atoms with Gasteiger partial charge in [-0.3, -0.25) is 0 Å². The molecular formula is C11H17NO4S. The molecule has 0 aliphatic carbocycles. The van der Waals surface area contributed by atoms with Gasteiger partial charge in [-0.15, -0.1) is 0 Å². The summed E-state index contributed by atoms with van der Waals surface area (Å²) in [5.74, 6) is 0.674. The molecule has 0 aromatic heterocycles. The molecule has 0 saturated heterocycles. The first-order valence-electron chi connectivity index (χ1n) is 5.15. The summed E-state index contributed by atoms with van der Waals surface area (Å²) in [6.45, 7) is 1.84. The molecule has 0 radical (unpaired) electrons. The maximum atomic E-state index is 11.4. The Kier molecular flexibility index (Phi) is 4.36. The Balaban J connectivity index is 2.55. The minimum absolute atomic E-state index is 0.0695. The van der Waals surface area contributed by atoms with E-state index in [2.05, 4.69) is 0 Å². The van der Waals surface area contributed by atoms with Crippen molar-refractivity contribution in [1.82, 2.24) is 4.31 Å². The Bertz CT molecular complexity index is 482. The van der Waals surface area contributed by atoms with E-state index in [9.17, 15) is 13.5 Å². The first kappa shape index (κ1) is 13.8. The summed E-state index contributed by atoms with van der Waals surface area (Å²) < 4.78 is 29.4. The summed E-state index contributed by atoms with van der Waals surface area (Å²) >= 11 is 0. The summed E-state index contributed by atoms with van der Waals surface area (Å²) in [7, 11) is -0.255. The first-order chi connectivity index (χ1) is 7.83. The normalized spacial score (nSPS) is 11.8. The van der Waals surface area contributed by atoms with Gasteiger partial charge in [0.1, 0.15) is 18.1 Å². The number of phenolic OH excluding ortho intramolecular Hbond substituents is 1. The van der Waals surface area contributed by atoms with E-state index in [0.29, 0.717) is 11.3 Å². The highest BCUT2D eigenvalue weighted by Gasteiger charge is 2.13. The quantitative estimate of drug-likeness (QED) is 0.855. The molecule has 1 N–H and O–H groups in total. The van der Waals surface area contributed by atoms with Crippen LogP contribution in [0.2, 0.25) is 0 Å². The molecule has 0 heterocycles. The summed E-state index contributed by atoms with van der Waals surface area (Å²) in [6.07, 6.45) is 0. The number of benzene rings is 1. The first-order valence-corrected chi connectivity index (χ1v) is 6.76. The van der Waals surface area contributed by atoms with E-state index in [1.807, 2.05) is 0 Å². The van der Waals surface area contributed by atoms with Crippen LogP contribution in [-0.4, -0.2) is 44.3 Å². The minimum Gasteiger partial charge on any atom is -0.508 e. The molecule has 0 unspecified atom stereocenters. The summed E-state index contributed by atoms with van der Waals surface area (Å²) in [5, 5.41) is 9.31. The summed E-state index contributed by atoms with van der Waals surface area (Å²) in [4.78, 5) is 0. The molecule has 0 saturated carbocycles. The molecule has 17 heavy (non-hydrogen) atoms. The van der Waals surface area contributed by atoms with Gasteiger partial charge in [0.25, 0.3) is 0 Å². The second kappa shape index (κ2) is 5.37.